The maximum Gasteiger partial charge on any atom is 0.271 e. The van der Waals surface area contributed by atoms with Crippen LogP contribution in [0.5, 0.6) is 5.75 Å². The predicted octanol–water partition coefficient (Wildman–Crippen LogP) is 6.81. The van der Waals surface area contributed by atoms with Crippen LogP contribution in [-0.4, -0.2) is 25.2 Å². The number of nitrogens with zero attached hydrogens (tertiary/aromatic N) is 2. The Hall–Kier alpha value is -2.35. The van der Waals surface area contributed by atoms with Crippen LogP contribution in [0.3, 0.4) is 0 Å². The number of carbonyl (C=O) groups excluding carboxylic acids is 1. The minimum absolute atomic E-state index is 0.265. The zero-order valence-corrected chi connectivity index (χ0v) is 21.7. The Morgan fingerprint density at radius 3 is 2.42 bits per heavy atom. The van der Waals surface area contributed by atoms with E-state index in [4.69, 9.17) is 16.3 Å². The van der Waals surface area contributed by atoms with Crippen molar-refractivity contribution in [3.05, 3.63) is 91.3 Å². The van der Waals surface area contributed by atoms with Gasteiger partial charge in [-0.25, -0.2) is 5.43 Å². The molecule has 1 amide bonds. The third-order valence-corrected chi connectivity index (χ3v) is 6.70. The van der Waals surface area contributed by atoms with E-state index in [1.54, 1.807) is 12.3 Å². The van der Waals surface area contributed by atoms with E-state index in [2.05, 4.69) is 47.3 Å². The van der Waals surface area contributed by atoms with Crippen LogP contribution in [0.2, 0.25) is 5.02 Å². The lowest BCUT2D eigenvalue weighted by Gasteiger charge is -2.17. The topological polar surface area (TPSA) is 53.9 Å². The Kier molecular flexibility index (Phi) is 8.06. The molecule has 3 aromatic rings. The van der Waals surface area contributed by atoms with Crippen molar-refractivity contribution in [2.75, 3.05) is 18.0 Å². The molecule has 1 heterocycles. The number of halogens is 3. The fourth-order valence-corrected chi connectivity index (χ4v) is 4.81. The van der Waals surface area contributed by atoms with Crippen LogP contribution >= 0.6 is 43.5 Å². The highest BCUT2D eigenvalue weighted by atomic mass is 79.9. The Morgan fingerprint density at radius 2 is 1.76 bits per heavy atom. The van der Waals surface area contributed by atoms with Gasteiger partial charge in [0.25, 0.3) is 5.91 Å². The van der Waals surface area contributed by atoms with Gasteiger partial charge in [0.15, 0.2) is 5.75 Å². The minimum Gasteiger partial charge on any atom is -0.486 e. The van der Waals surface area contributed by atoms with Crippen molar-refractivity contribution in [3.63, 3.8) is 0 Å². The fourth-order valence-electron chi connectivity index (χ4n) is 3.56. The number of benzene rings is 3. The number of hydrogen-bond acceptors (Lipinski definition) is 4. The number of ether oxygens (including phenoxy) is 1. The molecule has 0 radical (unpaired) electrons. The van der Waals surface area contributed by atoms with E-state index in [1.165, 1.54) is 12.8 Å². The van der Waals surface area contributed by atoms with Gasteiger partial charge in [0.05, 0.1) is 15.7 Å². The van der Waals surface area contributed by atoms with Crippen molar-refractivity contribution in [2.45, 2.75) is 19.4 Å². The quantitative estimate of drug-likeness (QED) is 0.243. The van der Waals surface area contributed by atoms with Gasteiger partial charge in [-0.05, 0) is 88.4 Å². The second-order valence-electron chi connectivity index (χ2n) is 7.67. The molecule has 1 aliphatic rings. The average Bonchev–Trinajstić information content (AvgIpc) is 3.35. The lowest BCUT2D eigenvalue weighted by atomic mass is 10.2. The molecular formula is C25H22Br2ClN3O2. The van der Waals surface area contributed by atoms with Crippen LogP contribution in [-0.2, 0) is 6.61 Å². The first-order valence-electron chi connectivity index (χ1n) is 10.5. The van der Waals surface area contributed by atoms with Gasteiger partial charge in [-0.3, -0.25) is 4.79 Å². The number of nitrogens with one attached hydrogen (secondary N) is 1. The van der Waals surface area contributed by atoms with E-state index in [1.807, 2.05) is 54.6 Å². The Labute approximate surface area is 215 Å². The predicted molar refractivity (Wildman–Crippen MR) is 141 cm³/mol. The van der Waals surface area contributed by atoms with E-state index in [0.717, 1.165) is 34.4 Å². The van der Waals surface area contributed by atoms with Gasteiger partial charge in [0.2, 0.25) is 0 Å². The molecule has 0 saturated carbocycles. The lowest BCUT2D eigenvalue weighted by molar-refractivity contribution is 0.0955. The molecule has 8 heteroatoms. The molecule has 1 N–H and O–H groups in total. The first-order chi connectivity index (χ1) is 16.0. The summed E-state index contributed by atoms with van der Waals surface area (Å²) in [6.07, 6.45) is 3.98. The molecular weight excluding hydrogens is 570 g/mol. The average molecular weight is 592 g/mol. The molecule has 33 heavy (non-hydrogen) atoms. The summed E-state index contributed by atoms with van der Waals surface area (Å²) in [4.78, 5) is 14.7. The van der Waals surface area contributed by atoms with E-state index in [0.29, 0.717) is 27.4 Å². The highest BCUT2D eigenvalue weighted by Gasteiger charge is 2.13. The molecule has 1 aliphatic heterocycles. The highest BCUT2D eigenvalue weighted by Crippen LogP contribution is 2.34. The van der Waals surface area contributed by atoms with Crippen molar-refractivity contribution >= 4 is 61.3 Å². The minimum atomic E-state index is -0.265. The molecule has 170 valence electrons. The first-order valence-corrected chi connectivity index (χ1v) is 12.5. The maximum absolute atomic E-state index is 12.4. The zero-order chi connectivity index (χ0) is 23.2. The summed E-state index contributed by atoms with van der Waals surface area (Å²) in [5.41, 5.74) is 6.03. The van der Waals surface area contributed by atoms with E-state index < -0.39 is 0 Å². The number of anilines is 1. The number of hydrazone groups is 1. The molecule has 0 aliphatic carbocycles. The van der Waals surface area contributed by atoms with Gasteiger partial charge in [-0.1, -0.05) is 39.7 Å². The van der Waals surface area contributed by atoms with E-state index in [-0.39, 0.29) is 5.91 Å². The molecule has 3 aromatic carbocycles. The number of carbonyl (C=O) groups is 1. The molecule has 0 atom stereocenters. The number of rotatable bonds is 7. The second kappa shape index (κ2) is 11.2. The molecule has 0 aromatic heterocycles. The number of amides is 1. The third-order valence-electron chi connectivity index (χ3n) is 5.30. The summed E-state index contributed by atoms with van der Waals surface area (Å²) in [7, 11) is 0. The second-order valence-corrected chi connectivity index (χ2v) is 9.85. The van der Waals surface area contributed by atoms with Crippen LogP contribution in [0.15, 0.2) is 74.7 Å². The van der Waals surface area contributed by atoms with Crippen LogP contribution in [0, 0.1) is 0 Å². The fraction of sp³-hybridized carbons (Fsp3) is 0.200. The van der Waals surface area contributed by atoms with Gasteiger partial charge in [0, 0.05) is 28.8 Å². The van der Waals surface area contributed by atoms with Crippen molar-refractivity contribution in [2.24, 2.45) is 5.10 Å². The molecule has 1 fully saturated rings. The largest absolute Gasteiger partial charge is 0.486 e. The molecule has 5 nitrogen and oxygen atoms in total. The van der Waals surface area contributed by atoms with Crippen LogP contribution < -0.4 is 15.1 Å². The van der Waals surface area contributed by atoms with Crippen molar-refractivity contribution < 1.29 is 9.53 Å². The van der Waals surface area contributed by atoms with Gasteiger partial charge in [-0.15, -0.1) is 0 Å². The molecule has 4 rings (SSSR count). The zero-order valence-electron chi connectivity index (χ0n) is 17.7. The summed E-state index contributed by atoms with van der Waals surface area (Å²) >= 11 is 13.3. The van der Waals surface area contributed by atoms with Gasteiger partial charge >= 0.3 is 0 Å². The van der Waals surface area contributed by atoms with Crippen LogP contribution in [0.1, 0.15) is 34.3 Å². The lowest BCUT2D eigenvalue weighted by Crippen LogP contribution is -2.19. The number of hydrogen-bond donors (Lipinski definition) is 1. The van der Waals surface area contributed by atoms with Gasteiger partial charge in [0.1, 0.15) is 6.61 Å². The Balaban J connectivity index is 1.34. The first kappa shape index (κ1) is 23.8. The van der Waals surface area contributed by atoms with Gasteiger partial charge in [-0.2, -0.15) is 5.10 Å². The molecule has 1 saturated heterocycles. The van der Waals surface area contributed by atoms with Crippen LogP contribution in [0.4, 0.5) is 5.69 Å². The van der Waals surface area contributed by atoms with Crippen molar-refractivity contribution in [1.82, 2.24) is 5.43 Å². The normalized spacial score (nSPS) is 13.5. The summed E-state index contributed by atoms with van der Waals surface area (Å²) in [6.45, 7) is 2.54. The van der Waals surface area contributed by atoms with E-state index >= 15 is 0 Å². The van der Waals surface area contributed by atoms with Crippen LogP contribution in [0.25, 0.3) is 0 Å². The smallest absolute Gasteiger partial charge is 0.271 e. The Bertz CT molecular complexity index is 1120. The van der Waals surface area contributed by atoms with Crippen molar-refractivity contribution in [3.8, 4) is 5.75 Å². The molecule has 0 unspecified atom stereocenters. The summed E-state index contributed by atoms with van der Waals surface area (Å²) in [5.74, 6) is 0.290. The van der Waals surface area contributed by atoms with Gasteiger partial charge < -0.3 is 9.64 Å². The summed E-state index contributed by atoms with van der Waals surface area (Å²) in [5, 5.41) is 4.52. The monoisotopic (exact) mass is 589 g/mol. The van der Waals surface area contributed by atoms with E-state index in [9.17, 15) is 4.79 Å². The van der Waals surface area contributed by atoms with Crippen molar-refractivity contribution in [1.29, 1.82) is 0 Å². The standard InChI is InChI=1S/C25H22Br2ClN3O2/c26-20-7-3-17(4-8-20)16-33-24-22(27)13-18(14-23(24)28)15-29-30-25(32)19-5-9-21(10-6-19)31-11-1-2-12-31/h3-10,13-15H,1-2,11-12,16H2,(H,30,32)/b29-15-. The SMILES string of the molecule is O=C(N/N=C\c1cc(Cl)c(OCc2ccc(Br)cc2)c(Br)c1)c1ccc(N2CCCC2)cc1. The Morgan fingerprint density at radius 1 is 1.06 bits per heavy atom. The third kappa shape index (κ3) is 6.37. The molecule has 0 spiro atoms. The summed E-state index contributed by atoms with van der Waals surface area (Å²) < 4.78 is 7.60. The maximum atomic E-state index is 12.4. The molecule has 0 bridgehead atoms. The summed E-state index contributed by atoms with van der Waals surface area (Å²) in [6, 6.07) is 19.1. The highest BCUT2D eigenvalue weighted by molar-refractivity contribution is 9.10.